The Kier molecular flexibility index (Phi) is 6.80. The second kappa shape index (κ2) is 8.12. The maximum Gasteiger partial charge on any atom is 0.321 e. The highest BCUT2D eigenvalue weighted by atomic mass is 16.3. The van der Waals surface area contributed by atoms with E-state index in [0.29, 0.717) is 12.6 Å². The molecule has 1 aliphatic carbocycles. The normalized spacial score (nSPS) is 18.1. The lowest BCUT2D eigenvalue weighted by molar-refractivity contribution is -0.126. The number of hydrogen-bond acceptors (Lipinski definition) is 4. The van der Waals surface area contributed by atoms with Crippen molar-refractivity contribution in [3.05, 3.63) is 0 Å². The van der Waals surface area contributed by atoms with Crippen LogP contribution in [0.3, 0.4) is 0 Å². The Bertz CT molecular complexity index is 304. The zero-order chi connectivity index (χ0) is 14.3. The van der Waals surface area contributed by atoms with Gasteiger partial charge < -0.3 is 10.4 Å². The van der Waals surface area contributed by atoms with E-state index in [-0.39, 0.29) is 12.5 Å². The molecule has 0 spiro atoms. The Morgan fingerprint density at radius 1 is 1.32 bits per heavy atom. The summed E-state index contributed by atoms with van der Waals surface area (Å²) in [5, 5.41) is 13.8. The SMILES string of the molecule is CNC(=O)NC(=O)C(C)N(CCO)C1CCCCC1. The maximum atomic E-state index is 12.0. The van der Waals surface area contributed by atoms with Gasteiger partial charge in [0.15, 0.2) is 0 Å². The number of carbonyl (C=O) groups is 2. The van der Waals surface area contributed by atoms with Crippen LogP contribution in [0.2, 0.25) is 0 Å². The summed E-state index contributed by atoms with van der Waals surface area (Å²) >= 11 is 0. The Hall–Kier alpha value is -1.14. The summed E-state index contributed by atoms with van der Waals surface area (Å²) in [7, 11) is 1.47. The highest BCUT2D eigenvalue weighted by Crippen LogP contribution is 2.24. The number of carbonyl (C=O) groups excluding carboxylic acids is 2. The minimum atomic E-state index is -0.496. The van der Waals surface area contributed by atoms with Crippen LogP contribution in [0.25, 0.3) is 0 Å². The van der Waals surface area contributed by atoms with Gasteiger partial charge in [-0.15, -0.1) is 0 Å². The van der Waals surface area contributed by atoms with E-state index in [0.717, 1.165) is 25.7 Å². The highest BCUT2D eigenvalue weighted by Gasteiger charge is 2.29. The van der Waals surface area contributed by atoms with Crippen LogP contribution in [-0.4, -0.2) is 54.2 Å². The van der Waals surface area contributed by atoms with Gasteiger partial charge in [-0.3, -0.25) is 15.0 Å². The van der Waals surface area contributed by atoms with Crippen LogP contribution in [0.5, 0.6) is 0 Å². The molecule has 0 bridgehead atoms. The molecule has 0 aliphatic heterocycles. The van der Waals surface area contributed by atoms with E-state index in [4.69, 9.17) is 0 Å². The first-order valence-corrected chi connectivity index (χ1v) is 6.99. The van der Waals surface area contributed by atoms with E-state index in [1.807, 2.05) is 4.90 Å². The Morgan fingerprint density at radius 3 is 2.47 bits per heavy atom. The van der Waals surface area contributed by atoms with Gasteiger partial charge >= 0.3 is 6.03 Å². The fraction of sp³-hybridized carbons (Fsp3) is 0.846. The lowest BCUT2D eigenvalue weighted by Crippen LogP contribution is -2.53. The summed E-state index contributed by atoms with van der Waals surface area (Å²) in [5.74, 6) is -0.321. The Balaban J connectivity index is 2.62. The van der Waals surface area contributed by atoms with Crippen LogP contribution in [0.1, 0.15) is 39.0 Å². The monoisotopic (exact) mass is 271 g/mol. The van der Waals surface area contributed by atoms with Crippen LogP contribution in [-0.2, 0) is 4.79 Å². The molecule has 0 aromatic heterocycles. The lowest BCUT2D eigenvalue weighted by Gasteiger charge is -2.37. The van der Waals surface area contributed by atoms with Gasteiger partial charge in [0.1, 0.15) is 0 Å². The van der Waals surface area contributed by atoms with Crippen LogP contribution >= 0.6 is 0 Å². The molecule has 1 unspecified atom stereocenters. The topological polar surface area (TPSA) is 81.7 Å². The van der Waals surface area contributed by atoms with Crippen LogP contribution < -0.4 is 10.6 Å². The number of amides is 3. The van der Waals surface area contributed by atoms with E-state index in [1.165, 1.54) is 13.5 Å². The largest absolute Gasteiger partial charge is 0.395 e. The summed E-state index contributed by atoms with van der Waals surface area (Å²) in [6, 6.07) is -0.580. The van der Waals surface area contributed by atoms with E-state index < -0.39 is 12.1 Å². The van der Waals surface area contributed by atoms with Crippen molar-refractivity contribution in [2.75, 3.05) is 20.2 Å². The molecule has 110 valence electrons. The third-order valence-electron chi connectivity index (χ3n) is 3.74. The quantitative estimate of drug-likeness (QED) is 0.678. The molecule has 0 radical (unpaired) electrons. The fourth-order valence-electron chi connectivity index (χ4n) is 2.65. The molecule has 19 heavy (non-hydrogen) atoms. The van der Waals surface area contributed by atoms with E-state index in [2.05, 4.69) is 10.6 Å². The average molecular weight is 271 g/mol. The van der Waals surface area contributed by atoms with Crippen LogP contribution in [0.4, 0.5) is 4.79 Å². The standard InChI is InChI=1S/C13H25N3O3/c1-10(12(18)15-13(19)14-2)16(8-9-17)11-6-4-3-5-7-11/h10-11,17H,3-9H2,1-2H3,(H2,14,15,18,19). The van der Waals surface area contributed by atoms with Crippen molar-refractivity contribution in [3.63, 3.8) is 0 Å². The number of aliphatic hydroxyl groups is 1. The van der Waals surface area contributed by atoms with Crippen LogP contribution in [0.15, 0.2) is 0 Å². The zero-order valence-corrected chi connectivity index (χ0v) is 11.8. The zero-order valence-electron chi connectivity index (χ0n) is 11.8. The third-order valence-corrected chi connectivity index (χ3v) is 3.74. The second-order valence-electron chi connectivity index (χ2n) is 5.00. The predicted octanol–water partition coefficient (Wildman–Crippen LogP) is 0.458. The third kappa shape index (κ3) is 4.80. The summed E-state index contributed by atoms with van der Waals surface area (Å²) in [5.41, 5.74) is 0. The van der Waals surface area contributed by atoms with Gasteiger partial charge in [-0.05, 0) is 19.8 Å². The number of rotatable bonds is 5. The van der Waals surface area contributed by atoms with Crippen molar-refractivity contribution in [1.82, 2.24) is 15.5 Å². The van der Waals surface area contributed by atoms with Gasteiger partial charge in [-0.1, -0.05) is 19.3 Å². The van der Waals surface area contributed by atoms with Crippen molar-refractivity contribution in [2.45, 2.75) is 51.1 Å². The van der Waals surface area contributed by atoms with E-state index in [1.54, 1.807) is 6.92 Å². The number of nitrogens with zero attached hydrogens (tertiary/aromatic N) is 1. The number of hydrogen-bond donors (Lipinski definition) is 3. The minimum Gasteiger partial charge on any atom is -0.395 e. The van der Waals surface area contributed by atoms with Crippen LogP contribution in [0, 0.1) is 0 Å². The lowest BCUT2D eigenvalue weighted by atomic mass is 9.93. The number of urea groups is 1. The van der Waals surface area contributed by atoms with Crippen molar-refractivity contribution in [2.24, 2.45) is 0 Å². The summed E-state index contributed by atoms with van der Waals surface area (Å²) in [4.78, 5) is 25.2. The van der Waals surface area contributed by atoms with E-state index >= 15 is 0 Å². The molecule has 3 amide bonds. The number of imide groups is 1. The minimum absolute atomic E-state index is 0.0219. The molecule has 3 N–H and O–H groups in total. The highest BCUT2D eigenvalue weighted by molar-refractivity contribution is 5.96. The van der Waals surface area contributed by atoms with Gasteiger partial charge in [0.2, 0.25) is 5.91 Å². The molecule has 6 nitrogen and oxygen atoms in total. The first-order chi connectivity index (χ1) is 9.10. The Morgan fingerprint density at radius 2 is 1.95 bits per heavy atom. The van der Waals surface area contributed by atoms with Crippen molar-refractivity contribution in [1.29, 1.82) is 0 Å². The van der Waals surface area contributed by atoms with Crippen molar-refractivity contribution in [3.8, 4) is 0 Å². The molecule has 1 saturated carbocycles. The molecular weight excluding hydrogens is 246 g/mol. The van der Waals surface area contributed by atoms with Gasteiger partial charge in [0, 0.05) is 19.6 Å². The molecule has 6 heteroatoms. The van der Waals surface area contributed by atoms with Crippen molar-refractivity contribution >= 4 is 11.9 Å². The summed E-state index contributed by atoms with van der Waals surface area (Å²) in [6.45, 7) is 2.27. The molecule has 1 atom stereocenters. The molecule has 1 rings (SSSR count). The molecule has 0 saturated heterocycles. The maximum absolute atomic E-state index is 12.0. The summed E-state index contributed by atoms with van der Waals surface area (Å²) < 4.78 is 0. The fourth-order valence-corrected chi connectivity index (χ4v) is 2.65. The molecule has 1 fully saturated rings. The predicted molar refractivity (Wildman–Crippen MR) is 72.7 cm³/mol. The van der Waals surface area contributed by atoms with Gasteiger partial charge in [0.25, 0.3) is 0 Å². The first kappa shape index (κ1) is 15.9. The van der Waals surface area contributed by atoms with Crippen molar-refractivity contribution < 1.29 is 14.7 Å². The number of nitrogens with one attached hydrogen (secondary N) is 2. The summed E-state index contributed by atoms with van der Waals surface area (Å²) in [6.07, 6.45) is 5.67. The number of aliphatic hydroxyl groups excluding tert-OH is 1. The average Bonchev–Trinajstić information content (AvgIpc) is 2.44. The molecule has 0 aromatic rings. The molecule has 0 aromatic carbocycles. The molecule has 0 heterocycles. The first-order valence-electron chi connectivity index (χ1n) is 6.99. The smallest absolute Gasteiger partial charge is 0.321 e. The van der Waals surface area contributed by atoms with E-state index in [9.17, 15) is 14.7 Å². The van der Waals surface area contributed by atoms with Gasteiger partial charge in [-0.2, -0.15) is 0 Å². The molecule has 1 aliphatic rings. The second-order valence-corrected chi connectivity index (χ2v) is 5.00. The Labute approximate surface area is 114 Å². The molecular formula is C13H25N3O3. The van der Waals surface area contributed by atoms with Gasteiger partial charge in [-0.25, -0.2) is 4.79 Å². The van der Waals surface area contributed by atoms with Gasteiger partial charge in [0.05, 0.1) is 12.6 Å².